The van der Waals surface area contributed by atoms with E-state index in [9.17, 15) is 4.39 Å². The molecule has 106 valence electrons. The van der Waals surface area contributed by atoms with Crippen LogP contribution in [0, 0.1) is 5.82 Å². The molecule has 3 rings (SSSR count). The molecule has 2 nitrogen and oxygen atoms in total. The SMILES string of the molecule is Nc1ccc(F)cc1OCCc1ccc2ccccc2c1. The molecule has 3 aromatic carbocycles. The van der Waals surface area contributed by atoms with Gasteiger partial charge in [-0.2, -0.15) is 0 Å². The molecule has 0 aliphatic rings. The summed E-state index contributed by atoms with van der Waals surface area (Å²) in [6.07, 6.45) is 0.751. The topological polar surface area (TPSA) is 35.2 Å². The normalized spacial score (nSPS) is 10.7. The maximum absolute atomic E-state index is 13.1. The van der Waals surface area contributed by atoms with Crippen molar-refractivity contribution in [3.8, 4) is 5.75 Å². The summed E-state index contributed by atoms with van der Waals surface area (Å²) in [5.74, 6) is 0.0562. The average molecular weight is 281 g/mol. The first-order valence-electron chi connectivity index (χ1n) is 6.88. The highest BCUT2D eigenvalue weighted by Gasteiger charge is 2.03. The fraction of sp³-hybridized carbons (Fsp3) is 0.111. The fourth-order valence-corrected chi connectivity index (χ4v) is 2.31. The van der Waals surface area contributed by atoms with E-state index in [1.165, 1.54) is 34.5 Å². The van der Waals surface area contributed by atoms with E-state index >= 15 is 0 Å². The monoisotopic (exact) mass is 281 g/mol. The lowest BCUT2D eigenvalue weighted by atomic mass is 10.1. The van der Waals surface area contributed by atoms with Crippen molar-refractivity contribution < 1.29 is 9.13 Å². The second kappa shape index (κ2) is 5.83. The van der Waals surface area contributed by atoms with E-state index in [0.29, 0.717) is 18.0 Å². The molecule has 3 aromatic rings. The van der Waals surface area contributed by atoms with Crippen LogP contribution in [0.25, 0.3) is 10.8 Å². The quantitative estimate of drug-likeness (QED) is 0.728. The van der Waals surface area contributed by atoms with Crippen molar-refractivity contribution in [2.45, 2.75) is 6.42 Å². The van der Waals surface area contributed by atoms with Gasteiger partial charge in [-0.25, -0.2) is 4.39 Å². The highest BCUT2D eigenvalue weighted by molar-refractivity contribution is 5.82. The lowest BCUT2D eigenvalue weighted by Crippen LogP contribution is -2.03. The number of hydrogen-bond acceptors (Lipinski definition) is 2. The van der Waals surface area contributed by atoms with Gasteiger partial charge >= 0.3 is 0 Å². The van der Waals surface area contributed by atoms with E-state index in [1.54, 1.807) is 0 Å². The van der Waals surface area contributed by atoms with E-state index in [1.807, 2.05) is 12.1 Å². The van der Waals surface area contributed by atoms with Gasteiger partial charge in [0.2, 0.25) is 0 Å². The first kappa shape index (κ1) is 13.4. The molecule has 3 heteroatoms. The van der Waals surface area contributed by atoms with Gasteiger partial charge in [-0.1, -0.05) is 42.5 Å². The number of ether oxygens (including phenoxy) is 1. The van der Waals surface area contributed by atoms with Crippen LogP contribution in [0.3, 0.4) is 0 Å². The highest BCUT2D eigenvalue weighted by atomic mass is 19.1. The third-order valence-corrected chi connectivity index (χ3v) is 3.44. The summed E-state index contributed by atoms with van der Waals surface area (Å²) >= 11 is 0. The van der Waals surface area contributed by atoms with Crippen molar-refractivity contribution in [1.82, 2.24) is 0 Å². The third kappa shape index (κ3) is 3.14. The molecule has 0 saturated carbocycles. The molecule has 0 amide bonds. The lowest BCUT2D eigenvalue weighted by molar-refractivity contribution is 0.322. The van der Waals surface area contributed by atoms with Crippen molar-refractivity contribution in [2.75, 3.05) is 12.3 Å². The number of hydrogen-bond donors (Lipinski definition) is 1. The van der Waals surface area contributed by atoms with Crippen molar-refractivity contribution in [2.24, 2.45) is 0 Å². The zero-order chi connectivity index (χ0) is 14.7. The number of nitrogen functional groups attached to an aromatic ring is 1. The Bertz CT molecular complexity index is 770. The third-order valence-electron chi connectivity index (χ3n) is 3.44. The number of anilines is 1. The number of rotatable bonds is 4. The molecule has 2 N–H and O–H groups in total. The second-order valence-corrected chi connectivity index (χ2v) is 4.96. The minimum atomic E-state index is -0.343. The molecule has 0 aromatic heterocycles. The summed E-state index contributed by atoms with van der Waals surface area (Å²) in [7, 11) is 0. The second-order valence-electron chi connectivity index (χ2n) is 4.96. The van der Waals surface area contributed by atoms with Crippen LogP contribution in [-0.2, 0) is 6.42 Å². The smallest absolute Gasteiger partial charge is 0.145 e. The Morgan fingerprint density at radius 1 is 0.905 bits per heavy atom. The van der Waals surface area contributed by atoms with E-state index < -0.39 is 0 Å². The molecular weight excluding hydrogens is 265 g/mol. The number of fused-ring (bicyclic) bond motifs is 1. The Morgan fingerprint density at radius 2 is 1.71 bits per heavy atom. The first-order chi connectivity index (χ1) is 10.2. The molecule has 0 heterocycles. The fourth-order valence-electron chi connectivity index (χ4n) is 2.31. The van der Waals surface area contributed by atoms with Crippen molar-refractivity contribution in [1.29, 1.82) is 0 Å². The number of benzene rings is 3. The Labute approximate surface area is 123 Å². The molecule has 0 fully saturated rings. The standard InChI is InChI=1S/C18H16FNO/c19-16-7-8-17(20)18(12-16)21-10-9-13-5-6-14-3-1-2-4-15(14)11-13/h1-8,11-12H,9-10,20H2. The molecule has 0 atom stereocenters. The van der Waals surface area contributed by atoms with Gasteiger partial charge < -0.3 is 10.5 Å². The minimum Gasteiger partial charge on any atom is -0.491 e. The molecule has 0 radical (unpaired) electrons. The van der Waals surface area contributed by atoms with Crippen LogP contribution in [-0.4, -0.2) is 6.61 Å². The maximum Gasteiger partial charge on any atom is 0.145 e. The van der Waals surface area contributed by atoms with Crippen molar-refractivity contribution in [3.63, 3.8) is 0 Å². The predicted octanol–water partition coefficient (Wildman–Crippen LogP) is 4.18. The Hall–Kier alpha value is -2.55. The van der Waals surface area contributed by atoms with Gasteiger partial charge in [0.15, 0.2) is 0 Å². The molecule has 0 saturated heterocycles. The van der Waals surface area contributed by atoms with Gasteiger partial charge in [0.25, 0.3) is 0 Å². The maximum atomic E-state index is 13.1. The molecule has 0 aliphatic heterocycles. The van der Waals surface area contributed by atoms with Crippen LogP contribution in [0.1, 0.15) is 5.56 Å². The van der Waals surface area contributed by atoms with Gasteiger partial charge in [0.05, 0.1) is 12.3 Å². The largest absolute Gasteiger partial charge is 0.491 e. The Kier molecular flexibility index (Phi) is 3.73. The van der Waals surface area contributed by atoms with Crippen LogP contribution in [0.2, 0.25) is 0 Å². The van der Waals surface area contributed by atoms with E-state index in [0.717, 1.165) is 6.42 Å². The average Bonchev–Trinajstić information content (AvgIpc) is 2.50. The highest BCUT2D eigenvalue weighted by Crippen LogP contribution is 2.22. The van der Waals surface area contributed by atoms with Gasteiger partial charge in [-0.15, -0.1) is 0 Å². The Balaban J connectivity index is 1.67. The van der Waals surface area contributed by atoms with E-state index in [4.69, 9.17) is 10.5 Å². The van der Waals surface area contributed by atoms with Gasteiger partial charge in [-0.05, 0) is 28.5 Å². The molecule has 0 bridgehead atoms. The van der Waals surface area contributed by atoms with Gasteiger partial charge in [0.1, 0.15) is 11.6 Å². The summed E-state index contributed by atoms with van der Waals surface area (Å²) in [5.41, 5.74) is 7.39. The zero-order valence-corrected chi connectivity index (χ0v) is 11.6. The summed E-state index contributed by atoms with van der Waals surface area (Å²) < 4.78 is 18.7. The van der Waals surface area contributed by atoms with Crippen LogP contribution >= 0.6 is 0 Å². The van der Waals surface area contributed by atoms with Crippen LogP contribution < -0.4 is 10.5 Å². The van der Waals surface area contributed by atoms with Crippen molar-refractivity contribution >= 4 is 16.5 Å². The van der Waals surface area contributed by atoms with Crippen LogP contribution in [0.5, 0.6) is 5.75 Å². The Morgan fingerprint density at radius 3 is 2.57 bits per heavy atom. The van der Waals surface area contributed by atoms with E-state index in [-0.39, 0.29) is 5.82 Å². The van der Waals surface area contributed by atoms with Gasteiger partial charge in [0, 0.05) is 12.5 Å². The van der Waals surface area contributed by atoms with E-state index in [2.05, 4.69) is 30.3 Å². The zero-order valence-electron chi connectivity index (χ0n) is 11.6. The summed E-state index contributed by atoms with van der Waals surface area (Å²) in [4.78, 5) is 0. The van der Waals surface area contributed by atoms with Crippen LogP contribution in [0.4, 0.5) is 10.1 Å². The van der Waals surface area contributed by atoms with Crippen LogP contribution in [0.15, 0.2) is 60.7 Å². The lowest BCUT2D eigenvalue weighted by Gasteiger charge is -2.09. The first-order valence-corrected chi connectivity index (χ1v) is 6.88. The molecular formula is C18H16FNO. The predicted molar refractivity (Wildman–Crippen MR) is 84.0 cm³/mol. The van der Waals surface area contributed by atoms with Crippen molar-refractivity contribution in [3.05, 3.63) is 72.0 Å². The number of halogens is 1. The molecule has 0 unspecified atom stereocenters. The summed E-state index contributed by atoms with van der Waals surface area (Å²) in [5, 5.41) is 2.43. The number of nitrogens with two attached hydrogens (primary N) is 1. The molecule has 0 spiro atoms. The summed E-state index contributed by atoms with van der Waals surface area (Å²) in [6.45, 7) is 0.464. The minimum absolute atomic E-state index is 0.343. The van der Waals surface area contributed by atoms with Gasteiger partial charge in [-0.3, -0.25) is 0 Å². The molecule has 21 heavy (non-hydrogen) atoms. The molecule has 0 aliphatic carbocycles. The summed E-state index contributed by atoms with van der Waals surface area (Å²) in [6, 6.07) is 18.7.